The van der Waals surface area contributed by atoms with E-state index in [0.717, 1.165) is 6.07 Å². The van der Waals surface area contributed by atoms with E-state index in [9.17, 15) is 32.9 Å². The van der Waals surface area contributed by atoms with Crippen LogP contribution < -0.4 is 5.32 Å². The van der Waals surface area contributed by atoms with E-state index in [1.165, 1.54) is 48.2 Å². The molecule has 2 aromatic rings. The van der Waals surface area contributed by atoms with Crippen LogP contribution in [0.3, 0.4) is 0 Å². The van der Waals surface area contributed by atoms with Crippen molar-refractivity contribution in [3.63, 3.8) is 0 Å². The Balaban J connectivity index is 1.71. The van der Waals surface area contributed by atoms with Crippen LogP contribution in [0, 0.1) is 17.0 Å². The number of carbonyl (C=O) groups is 2. The minimum absolute atomic E-state index is 0.0279. The summed E-state index contributed by atoms with van der Waals surface area (Å²) in [7, 11) is 0. The van der Waals surface area contributed by atoms with Crippen molar-refractivity contribution < 1.29 is 27.7 Å². The van der Waals surface area contributed by atoms with E-state index in [1.807, 2.05) is 0 Å². The summed E-state index contributed by atoms with van der Waals surface area (Å²) in [6.45, 7) is 1.27. The normalized spacial score (nSPS) is 16.6. The molecule has 1 atom stereocenters. The van der Waals surface area contributed by atoms with Crippen LogP contribution in [0.15, 0.2) is 42.5 Å². The van der Waals surface area contributed by atoms with Gasteiger partial charge in [0.1, 0.15) is 0 Å². The Bertz CT molecular complexity index is 1010. The number of rotatable bonds is 5. The number of hydrogen-bond donors (Lipinski definition) is 1. The number of halogens is 3. The Hall–Kier alpha value is -3.43. The average molecular weight is 421 g/mol. The van der Waals surface area contributed by atoms with Crippen LogP contribution in [0.5, 0.6) is 0 Å². The van der Waals surface area contributed by atoms with Crippen LogP contribution in [0.4, 0.5) is 18.9 Å². The lowest BCUT2D eigenvalue weighted by Gasteiger charge is -2.20. The summed E-state index contributed by atoms with van der Waals surface area (Å²) in [4.78, 5) is 36.5. The molecule has 1 N–H and O–H groups in total. The van der Waals surface area contributed by atoms with E-state index in [0.29, 0.717) is 0 Å². The number of alkyl halides is 3. The molecule has 2 aromatic carbocycles. The first-order valence-electron chi connectivity index (χ1n) is 9.05. The molecule has 158 valence electrons. The van der Waals surface area contributed by atoms with E-state index < -0.39 is 28.6 Å². The molecule has 1 aliphatic rings. The molecule has 1 fully saturated rings. The quantitative estimate of drug-likeness (QED) is 0.591. The van der Waals surface area contributed by atoms with Gasteiger partial charge >= 0.3 is 6.18 Å². The highest BCUT2D eigenvalue weighted by Crippen LogP contribution is 2.33. The van der Waals surface area contributed by atoms with Crippen molar-refractivity contribution in [3.05, 3.63) is 74.8 Å². The number of carbonyl (C=O) groups excluding carboxylic acids is 2. The molecule has 0 saturated carbocycles. The molecule has 0 aliphatic carbocycles. The van der Waals surface area contributed by atoms with Crippen LogP contribution in [-0.2, 0) is 17.5 Å². The van der Waals surface area contributed by atoms with Gasteiger partial charge in [0.15, 0.2) is 0 Å². The molecule has 1 unspecified atom stereocenters. The second kappa shape index (κ2) is 8.13. The van der Waals surface area contributed by atoms with Gasteiger partial charge in [0.05, 0.1) is 16.5 Å². The van der Waals surface area contributed by atoms with E-state index in [1.54, 1.807) is 0 Å². The summed E-state index contributed by atoms with van der Waals surface area (Å²) >= 11 is 0. The van der Waals surface area contributed by atoms with Gasteiger partial charge in [0.25, 0.3) is 11.6 Å². The number of nitro groups is 1. The Morgan fingerprint density at radius 1 is 1.23 bits per heavy atom. The second-order valence-electron chi connectivity index (χ2n) is 7.01. The molecule has 3 rings (SSSR count). The molecule has 1 heterocycles. The lowest BCUT2D eigenvalue weighted by atomic mass is 10.1. The third-order valence-corrected chi connectivity index (χ3v) is 4.98. The maximum absolute atomic E-state index is 13.2. The first-order chi connectivity index (χ1) is 14.1. The van der Waals surface area contributed by atoms with Crippen LogP contribution in [-0.4, -0.2) is 34.2 Å². The minimum Gasteiger partial charge on any atom is -0.347 e. The van der Waals surface area contributed by atoms with Gasteiger partial charge in [0.2, 0.25) is 5.91 Å². The monoisotopic (exact) mass is 421 g/mol. The highest BCUT2D eigenvalue weighted by atomic mass is 19.4. The summed E-state index contributed by atoms with van der Waals surface area (Å²) < 4.78 is 39.5. The van der Waals surface area contributed by atoms with Crippen LogP contribution in [0.25, 0.3) is 0 Å². The highest BCUT2D eigenvalue weighted by molar-refractivity contribution is 5.97. The van der Waals surface area contributed by atoms with Crippen molar-refractivity contribution in [1.82, 2.24) is 10.2 Å². The Morgan fingerprint density at radius 3 is 2.60 bits per heavy atom. The zero-order valence-electron chi connectivity index (χ0n) is 15.9. The largest absolute Gasteiger partial charge is 0.416 e. The highest BCUT2D eigenvalue weighted by Gasteiger charge is 2.36. The fourth-order valence-corrected chi connectivity index (χ4v) is 3.49. The summed E-state index contributed by atoms with van der Waals surface area (Å²) in [6.07, 6.45) is -4.60. The molecule has 1 aliphatic heterocycles. The van der Waals surface area contributed by atoms with Crippen molar-refractivity contribution in [1.29, 1.82) is 0 Å². The van der Waals surface area contributed by atoms with Gasteiger partial charge in [-0.2, -0.15) is 13.2 Å². The number of nitro benzene ring substituents is 1. The molecule has 30 heavy (non-hydrogen) atoms. The van der Waals surface area contributed by atoms with E-state index in [-0.39, 0.29) is 47.8 Å². The van der Waals surface area contributed by atoms with Crippen molar-refractivity contribution >= 4 is 17.5 Å². The van der Waals surface area contributed by atoms with Gasteiger partial charge in [-0.15, -0.1) is 0 Å². The second-order valence-corrected chi connectivity index (χ2v) is 7.01. The van der Waals surface area contributed by atoms with Gasteiger partial charge in [-0.1, -0.05) is 24.3 Å². The molecule has 0 radical (unpaired) electrons. The van der Waals surface area contributed by atoms with Crippen molar-refractivity contribution in [2.24, 2.45) is 0 Å². The van der Waals surface area contributed by atoms with Gasteiger partial charge in [0, 0.05) is 36.7 Å². The molecule has 7 nitrogen and oxygen atoms in total. The molecule has 0 aromatic heterocycles. The summed E-state index contributed by atoms with van der Waals surface area (Å²) in [6, 6.07) is 8.52. The topological polar surface area (TPSA) is 92.6 Å². The van der Waals surface area contributed by atoms with Crippen molar-refractivity contribution in [2.45, 2.75) is 32.1 Å². The minimum atomic E-state index is -4.54. The molecule has 10 heteroatoms. The van der Waals surface area contributed by atoms with Crippen LogP contribution in [0.2, 0.25) is 0 Å². The van der Waals surface area contributed by atoms with E-state index in [2.05, 4.69) is 5.32 Å². The Kier molecular flexibility index (Phi) is 5.77. The van der Waals surface area contributed by atoms with Crippen LogP contribution >= 0.6 is 0 Å². The van der Waals surface area contributed by atoms with Gasteiger partial charge in [-0.05, 0) is 24.6 Å². The fourth-order valence-electron chi connectivity index (χ4n) is 3.49. The van der Waals surface area contributed by atoms with Crippen molar-refractivity contribution in [3.8, 4) is 0 Å². The standard InChI is InChI=1S/C20H18F3N3O4/c1-12-15(6-4-8-17(12)26(29)30)19(28)24-14-9-18(27)25(11-14)10-13-5-2-3-7-16(13)20(21,22)23/h2-8,14H,9-11H2,1H3,(H,24,28). The average Bonchev–Trinajstić information content (AvgIpc) is 3.00. The molecule has 0 spiro atoms. The van der Waals surface area contributed by atoms with Gasteiger partial charge < -0.3 is 10.2 Å². The first-order valence-corrected chi connectivity index (χ1v) is 9.05. The maximum atomic E-state index is 13.2. The number of nitrogens with zero attached hydrogens (tertiary/aromatic N) is 2. The molecule has 1 saturated heterocycles. The molecular formula is C20H18F3N3O4. The molecule has 2 amide bonds. The number of likely N-dealkylation sites (tertiary alicyclic amines) is 1. The Labute approximate surface area is 169 Å². The van der Waals surface area contributed by atoms with Gasteiger partial charge in [-0.3, -0.25) is 19.7 Å². The fraction of sp³-hybridized carbons (Fsp3) is 0.300. The summed E-state index contributed by atoms with van der Waals surface area (Å²) in [5.41, 5.74) is -0.731. The summed E-state index contributed by atoms with van der Waals surface area (Å²) in [5, 5.41) is 13.7. The van der Waals surface area contributed by atoms with E-state index >= 15 is 0 Å². The third kappa shape index (κ3) is 4.42. The third-order valence-electron chi connectivity index (χ3n) is 4.98. The number of nitrogens with one attached hydrogen (secondary N) is 1. The lowest BCUT2D eigenvalue weighted by Crippen LogP contribution is -2.37. The predicted octanol–water partition coefficient (Wildman–Crippen LogP) is 3.45. The molecular weight excluding hydrogens is 403 g/mol. The zero-order valence-corrected chi connectivity index (χ0v) is 15.9. The molecule has 0 bridgehead atoms. The number of hydrogen-bond acceptors (Lipinski definition) is 4. The summed E-state index contributed by atoms with van der Waals surface area (Å²) in [5.74, 6) is -0.959. The Morgan fingerprint density at radius 2 is 1.93 bits per heavy atom. The van der Waals surface area contributed by atoms with Crippen LogP contribution in [0.1, 0.15) is 33.5 Å². The predicted molar refractivity (Wildman–Crippen MR) is 101 cm³/mol. The lowest BCUT2D eigenvalue weighted by molar-refractivity contribution is -0.385. The van der Waals surface area contributed by atoms with Gasteiger partial charge in [-0.25, -0.2) is 0 Å². The maximum Gasteiger partial charge on any atom is 0.416 e. The first kappa shape index (κ1) is 21.3. The van der Waals surface area contributed by atoms with E-state index in [4.69, 9.17) is 0 Å². The smallest absolute Gasteiger partial charge is 0.347 e. The SMILES string of the molecule is Cc1c(C(=O)NC2CC(=O)N(Cc3ccccc3C(F)(F)F)C2)cccc1[N+](=O)[O-]. The zero-order chi connectivity index (χ0) is 22.1. The number of amides is 2. The number of benzene rings is 2. The van der Waals surface area contributed by atoms with Crippen molar-refractivity contribution in [2.75, 3.05) is 6.54 Å².